The predicted octanol–water partition coefficient (Wildman–Crippen LogP) is 7.98. The fraction of sp³-hybridized carbons (Fsp3) is 0.395. The van der Waals surface area contributed by atoms with Crippen LogP contribution in [0.15, 0.2) is 66.7 Å². The minimum absolute atomic E-state index is 0.121. The van der Waals surface area contributed by atoms with Gasteiger partial charge in [-0.25, -0.2) is 4.21 Å². The molecule has 10 heteroatoms. The molecule has 284 valence electrons. The molecule has 0 amide bonds. The van der Waals surface area contributed by atoms with Crippen LogP contribution >= 0.6 is 0 Å². The average Bonchev–Trinajstić information content (AvgIpc) is 3.11. The number of likely N-dealkylation sites (tertiary alicyclic amines) is 1. The summed E-state index contributed by atoms with van der Waals surface area (Å²) < 4.78 is 20.5. The highest BCUT2D eigenvalue weighted by molar-refractivity contribution is 7.85. The first-order chi connectivity index (χ1) is 25.0. The summed E-state index contributed by atoms with van der Waals surface area (Å²) in [5.74, 6) is 0.0744. The van der Waals surface area contributed by atoms with Crippen molar-refractivity contribution in [2.24, 2.45) is 0 Å². The number of nitrogens with one attached hydrogen (secondary N) is 1. The summed E-state index contributed by atoms with van der Waals surface area (Å²) in [5.41, 5.74) is 10.4. The van der Waals surface area contributed by atoms with Crippen LogP contribution in [0.4, 0.5) is 11.4 Å². The first-order valence-electron chi connectivity index (χ1n) is 18.0. The van der Waals surface area contributed by atoms with E-state index in [2.05, 4.69) is 17.3 Å². The van der Waals surface area contributed by atoms with E-state index in [1.54, 1.807) is 37.4 Å². The number of carboxylic acids is 1. The van der Waals surface area contributed by atoms with E-state index < -0.39 is 22.6 Å². The molecule has 53 heavy (non-hydrogen) atoms. The second-order valence-corrected chi connectivity index (χ2v) is 16.1. The number of carbonyl (C=O) groups is 2. The molecule has 9 nitrogen and oxygen atoms in total. The van der Waals surface area contributed by atoms with Gasteiger partial charge in [-0.15, -0.1) is 0 Å². The third kappa shape index (κ3) is 11.0. The van der Waals surface area contributed by atoms with E-state index in [9.17, 15) is 18.9 Å². The second kappa shape index (κ2) is 18.0. The van der Waals surface area contributed by atoms with Crippen LogP contribution in [0.25, 0.3) is 22.3 Å². The van der Waals surface area contributed by atoms with Crippen molar-refractivity contribution < 1.29 is 28.7 Å². The number of anilines is 2. The van der Waals surface area contributed by atoms with Gasteiger partial charge >= 0.3 is 5.97 Å². The van der Waals surface area contributed by atoms with Gasteiger partial charge in [-0.2, -0.15) is 0 Å². The van der Waals surface area contributed by atoms with Crippen molar-refractivity contribution in [3.63, 3.8) is 0 Å². The van der Waals surface area contributed by atoms with Crippen molar-refractivity contribution >= 4 is 34.6 Å². The highest BCUT2D eigenvalue weighted by Crippen LogP contribution is 2.49. The van der Waals surface area contributed by atoms with Crippen molar-refractivity contribution in [2.75, 3.05) is 43.1 Å². The Bertz CT molecular complexity index is 1900. The Kier molecular flexibility index (Phi) is 14.0. The van der Waals surface area contributed by atoms with Gasteiger partial charge in [0.05, 0.1) is 24.3 Å². The molecule has 2 heterocycles. The minimum atomic E-state index is -1.33. The molecule has 6 rings (SSSR count). The maximum Gasteiger partial charge on any atom is 0.307 e. The van der Waals surface area contributed by atoms with E-state index in [-0.39, 0.29) is 6.42 Å². The van der Waals surface area contributed by atoms with Crippen molar-refractivity contribution in [2.45, 2.75) is 79.1 Å². The molecule has 0 saturated carbocycles. The van der Waals surface area contributed by atoms with Gasteiger partial charge in [0.15, 0.2) is 0 Å². The van der Waals surface area contributed by atoms with Gasteiger partial charge in [-0.1, -0.05) is 42.0 Å². The molecule has 0 bridgehead atoms. The van der Waals surface area contributed by atoms with Crippen molar-refractivity contribution in [1.29, 1.82) is 0 Å². The Labute approximate surface area is 317 Å². The zero-order chi connectivity index (χ0) is 39.0. The number of aldehydes is 1. The molecule has 1 fully saturated rings. The lowest BCUT2D eigenvalue weighted by atomic mass is 9.80. The first-order valence-corrected chi connectivity index (χ1v) is 19.5. The fourth-order valence-corrected chi connectivity index (χ4v) is 7.49. The molecular weight excluding hydrogens is 687 g/mol. The molecule has 2 aliphatic rings. The molecule has 0 aromatic heterocycles. The Balaban J connectivity index is 0.000000247. The molecule has 1 unspecified atom stereocenters. The van der Waals surface area contributed by atoms with Crippen LogP contribution in [-0.4, -0.2) is 76.7 Å². The number of ether oxygens (including phenoxy) is 1. The van der Waals surface area contributed by atoms with Crippen LogP contribution in [0.5, 0.6) is 5.75 Å². The SMILES string of the molecule is CC(C)(C)O.CNc1ccc(OC2CCN(C)CC2)cc1.Cc1ccc(-c2c(C)c3c(c(C)c2CC(=O)O)N(S(C)=O)Cc2cc(C=O)ccc2-3)cc1. The molecular formula is C43H55N3O6S. The van der Waals surface area contributed by atoms with E-state index in [0.29, 0.717) is 18.2 Å². The molecule has 2 aliphatic heterocycles. The highest BCUT2D eigenvalue weighted by atomic mass is 32.2. The quantitative estimate of drug-likeness (QED) is 0.156. The number of rotatable bonds is 8. The van der Waals surface area contributed by atoms with Crippen molar-refractivity contribution in [3.05, 3.63) is 100 Å². The third-order valence-corrected chi connectivity index (χ3v) is 10.2. The second-order valence-electron chi connectivity index (χ2n) is 14.8. The fourth-order valence-electron chi connectivity index (χ4n) is 6.68. The minimum Gasteiger partial charge on any atom is -0.490 e. The predicted molar refractivity (Wildman–Crippen MR) is 218 cm³/mol. The van der Waals surface area contributed by atoms with Crippen LogP contribution in [0.2, 0.25) is 0 Å². The van der Waals surface area contributed by atoms with Gasteiger partial charge < -0.3 is 25.2 Å². The first kappa shape index (κ1) is 41.2. The summed E-state index contributed by atoms with van der Waals surface area (Å²) in [6.07, 6.45) is 4.96. The smallest absolute Gasteiger partial charge is 0.307 e. The number of benzene rings is 4. The van der Waals surface area contributed by atoms with E-state index >= 15 is 0 Å². The van der Waals surface area contributed by atoms with E-state index in [0.717, 1.165) is 99.4 Å². The summed E-state index contributed by atoms with van der Waals surface area (Å²) >= 11 is 0. The number of piperidine rings is 1. The lowest BCUT2D eigenvalue weighted by Gasteiger charge is -2.35. The van der Waals surface area contributed by atoms with Gasteiger partial charge in [-0.3, -0.25) is 13.9 Å². The van der Waals surface area contributed by atoms with E-state index in [4.69, 9.17) is 9.84 Å². The van der Waals surface area contributed by atoms with Gasteiger partial charge in [0.25, 0.3) is 0 Å². The monoisotopic (exact) mass is 741 g/mol. The van der Waals surface area contributed by atoms with Gasteiger partial charge in [-0.05, 0) is 131 Å². The van der Waals surface area contributed by atoms with Crippen LogP contribution in [-0.2, 0) is 28.7 Å². The number of hydrogen-bond donors (Lipinski definition) is 3. The summed E-state index contributed by atoms with van der Waals surface area (Å²) in [6, 6.07) is 21.8. The largest absolute Gasteiger partial charge is 0.490 e. The Morgan fingerprint density at radius 3 is 2.09 bits per heavy atom. The molecule has 0 aliphatic carbocycles. The van der Waals surface area contributed by atoms with Gasteiger partial charge in [0, 0.05) is 43.2 Å². The average molecular weight is 742 g/mol. The maximum atomic E-state index is 12.8. The van der Waals surface area contributed by atoms with Crippen LogP contribution < -0.4 is 14.4 Å². The molecule has 4 aromatic carbocycles. The van der Waals surface area contributed by atoms with Gasteiger partial charge in [0.1, 0.15) is 29.1 Å². The Morgan fingerprint density at radius 1 is 0.962 bits per heavy atom. The Hall–Kier alpha value is -4.51. The van der Waals surface area contributed by atoms with Crippen molar-refractivity contribution in [1.82, 2.24) is 4.90 Å². The summed E-state index contributed by atoms with van der Waals surface area (Å²) in [4.78, 5) is 25.5. The number of hydrogen-bond acceptors (Lipinski definition) is 7. The van der Waals surface area contributed by atoms with E-state index in [1.165, 1.54) is 0 Å². The molecule has 1 atom stereocenters. The number of carboxylic acid groups (broad SMARTS) is 1. The molecule has 0 radical (unpaired) electrons. The lowest BCUT2D eigenvalue weighted by Crippen LogP contribution is -2.35. The number of aliphatic hydroxyl groups is 1. The molecule has 4 aromatic rings. The van der Waals surface area contributed by atoms with Crippen LogP contribution in [0, 0.1) is 20.8 Å². The normalized spacial score (nSPS) is 14.7. The number of aryl methyl sites for hydroxylation is 1. The summed E-state index contributed by atoms with van der Waals surface area (Å²) in [5, 5.41) is 21.3. The summed E-state index contributed by atoms with van der Waals surface area (Å²) in [6.45, 7) is 13.8. The molecule has 3 N–H and O–H groups in total. The zero-order valence-corrected chi connectivity index (χ0v) is 33.4. The number of aliphatic carboxylic acids is 1. The van der Waals surface area contributed by atoms with Crippen LogP contribution in [0.1, 0.15) is 71.8 Å². The lowest BCUT2D eigenvalue weighted by molar-refractivity contribution is -0.136. The Morgan fingerprint density at radius 2 is 1.57 bits per heavy atom. The standard InChI is InChI=1S/C26H25NO4S.C13H20N2O.C4H10O/c1-15-5-8-19(9-6-15)24-17(3)25-21-10-7-18(14-28)11-20(21)13-27(32(4)31)26(25)16(2)22(24)12-23(29)30;1-14-11-3-5-12(6-4-11)16-13-7-9-15(2)10-8-13;1-4(2,3)5/h5-11,14H,12-13H2,1-4H3,(H,29,30);3-6,13-14H,7-10H2,1-2H3;5H,1-3H3. The maximum absolute atomic E-state index is 12.8. The topological polar surface area (TPSA) is 119 Å². The molecule has 0 spiro atoms. The number of fused-ring (bicyclic) bond motifs is 3. The van der Waals surface area contributed by atoms with E-state index in [1.807, 2.05) is 88.5 Å². The van der Waals surface area contributed by atoms with Gasteiger partial charge in [0.2, 0.25) is 0 Å². The zero-order valence-electron chi connectivity index (χ0n) is 32.6. The van der Waals surface area contributed by atoms with Crippen molar-refractivity contribution in [3.8, 4) is 28.0 Å². The highest BCUT2D eigenvalue weighted by Gasteiger charge is 2.32. The van der Waals surface area contributed by atoms with Crippen LogP contribution in [0.3, 0.4) is 0 Å². The third-order valence-electron chi connectivity index (χ3n) is 9.28. The number of carbonyl (C=O) groups excluding carboxylic acids is 1. The summed E-state index contributed by atoms with van der Waals surface area (Å²) in [7, 11) is 2.76. The number of nitrogens with zero attached hydrogens (tertiary/aromatic N) is 2. The molecule has 1 saturated heterocycles.